The molecule has 3 aromatic rings. The third-order valence-electron chi connectivity index (χ3n) is 4.95. The lowest BCUT2D eigenvalue weighted by Crippen LogP contribution is -2.45. The van der Waals surface area contributed by atoms with Crippen LogP contribution in [0.5, 0.6) is 0 Å². The molecule has 0 bridgehead atoms. The summed E-state index contributed by atoms with van der Waals surface area (Å²) in [6.07, 6.45) is 3.95. The van der Waals surface area contributed by atoms with Crippen molar-refractivity contribution in [3.8, 4) is 22.4 Å². The molecule has 0 aromatic carbocycles. The van der Waals surface area contributed by atoms with Crippen LogP contribution in [0.4, 0.5) is 5.82 Å². The number of morpholine rings is 1. The van der Waals surface area contributed by atoms with Crippen molar-refractivity contribution in [1.82, 2.24) is 9.97 Å². The molecule has 148 valence electrons. The van der Waals surface area contributed by atoms with Crippen molar-refractivity contribution >= 4 is 18.2 Å². The Bertz CT molecular complexity index is 946. The van der Waals surface area contributed by atoms with Crippen molar-refractivity contribution < 1.29 is 9.15 Å². The predicted octanol–water partition coefficient (Wildman–Crippen LogP) is 5.06. The maximum Gasteiger partial charge on any atom is 0.129 e. The molecule has 0 radical (unpaired) electrons. The first-order valence-electron chi connectivity index (χ1n) is 9.40. The van der Waals surface area contributed by atoms with Gasteiger partial charge in [0.05, 0.1) is 24.2 Å². The first-order chi connectivity index (χ1) is 13.0. The second kappa shape index (κ2) is 8.33. The van der Waals surface area contributed by atoms with Crippen LogP contribution in [-0.4, -0.2) is 35.3 Å². The van der Waals surface area contributed by atoms with Gasteiger partial charge in [-0.15, -0.1) is 12.4 Å². The largest absolute Gasteiger partial charge is 0.469 e. The van der Waals surface area contributed by atoms with Crippen LogP contribution in [0, 0.1) is 13.8 Å². The van der Waals surface area contributed by atoms with E-state index in [0.29, 0.717) is 0 Å². The van der Waals surface area contributed by atoms with Gasteiger partial charge in [-0.1, -0.05) is 0 Å². The highest BCUT2D eigenvalue weighted by Crippen LogP contribution is 2.35. The van der Waals surface area contributed by atoms with Gasteiger partial charge in [-0.3, -0.25) is 4.98 Å². The van der Waals surface area contributed by atoms with E-state index in [4.69, 9.17) is 14.1 Å². The van der Waals surface area contributed by atoms with Crippen LogP contribution in [0.1, 0.15) is 25.3 Å². The molecule has 1 aliphatic rings. The van der Waals surface area contributed by atoms with Crippen LogP contribution >= 0.6 is 12.4 Å². The van der Waals surface area contributed by atoms with Crippen LogP contribution in [0.2, 0.25) is 0 Å². The zero-order valence-corrected chi connectivity index (χ0v) is 17.5. The Morgan fingerprint density at radius 1 is 1.00 bits per heavy atom. The van der Waals surface area contributed by atoms with Gasteiger partial charge in [-0.25, -0.2) is 4.98 Å². The summed E-state index contributed by atoms with van der Waals surface area (Å²) in [7, 11) is 0. The number of pyridine rings is 2. The number of anilines is 1. The average molecular weight is 400 g/mol. The van der Waals surface area contributed by atoms with E-state index in [1.807, 2.05) is 32.2 Å². The zero-order valence-electron chi connectivity index (χ0n) is 16.7. The minimum atomic E-state index is 0. The van der Waals surface area contributed by atoms with Gasteiger partial charge < -0.3 is 14.1 Å². The molecule has 1 fully saturated rings. The molecular weight excluding hydrogens is 374 g/mol. The molecule has 2 atom stereocenters. The van der Waals surface area contributed by atoms with Crippen molar-refractivity contribution in [3.63, 3.8) is 0 Å². The number of aromatic nitrogens is 2. The van der Waals surface area contributed by atoms with Crippen molar-refractivity contribution in [1.29, 1.82) is 0 Å². The molecular formula is C22H26ClN3O2. The minimum absolute atomic E-state index is 0. The van der Waals surface area contributed by atoms with E-state index in [2.05, 4.69) is 41.9 Å². The quantitative estimate of drug-likeness (QED) is 0.616. The number of hydrogen-bond acceptors (Lipinski definition) is 5. The number of ether oxygens (including phenoxy) is 1. The van der Waals surface area contributed by atoms with E-state index < -0.39 is 0 Å². The third-order valence-corrected chi connectivity index (χ3v) is 4.95. The van der Waals surface area contributed by atoms with Gasteiger partial charge in [-0.2, -0.15) is 0 Å². The molecule has 3 aromatic heterocycles. The average Bonchev–Trinajstić information content (AvgIpc) is 3.06. The zero-order chi connectivity index (χ0) is 19.0. The lowest BCUT2D eigenvalue weighted by Gasteiger charge is -2.36. The number of nitrogens with zero attached hydrogens (tertiary/aromatic N) is 3. The molecule has 1 saturated heterocycles. The fourth-order valence-electron chi connectivity index (χ4n) is 3.77. The van der Waals surface area contributed by atoms with Crippen molar-refractivity contribution in [2.75, 3.05) is 18.0 Å². The van der Waals surface area contributed by atoms with Gasteiger partial charge >= 0.3 is 0 Å². The summed E-state index contributed by atoms with van der Waals surface area (Å²) in [6.45, 7) is 9.88. The van der Waals surface area contributed by atoms with Crippen LogP contribution in [0.3, 0.4) is 0 Å². The Kier molecular flexibility index (Phi) is 6.06. The summed E-state index contributed by atoms with van der Waals surface area (Å²) in [5.74, 6) is 1.84. The topological polar surface area (TPSA) is 51.4 Å². The Labute approximate surface area is 172 Å². The van der Waals surface area contributed by atoms with Crippen LogP contribution < -0.4 is 4.90 Å². The maximum atomic E-state index is 5.87. The van der Waals surface area contributed by atoms with Crippen LogP contribution in [0.25, 0.3) is 22.4 Å². The number of aryl methyl sites for hydroxylation is 2. The summed E-state index contributed by atoms with van der Waals surface area (Å²) in [6, 6.07) is 10.4. The second-order valence-corrected chi connectivity index (χ2v) is 7.30. The van der Waals surface area contributed by atoms with Gasteiger partial charge in [0.25, 0.3) is 0 Å². The molecule has 0 N–H and O–H groups in total. The van der Waals surface area contributed by atoms with E-state index in [-0.39, 0.29) is 24.6 Å². The molecule has 0 saturated carbocycles. The Balaban J connectivity index is 0.00000225. The highest BCUT2D eigenvalue weighted by Gasteiger charge is 2.24. The summed E-state index contributed by atoms with van der Waals surface area (Å²) in [4.78, 5) is 11.7. The second-order valence-electron chi connectivity index (χ2n) is 7.30. The van der Waals surface area contributed by atoms with Crippen molar-refractivity contribution in [2.45, 2.75) is 39.9 Å². The van der Waals surface area contributed by atoms with Gasteiger partial charge in [-0.05, 0) is 63.6 Å². The molecule has 5 nitrogen and oxygen atoms in total. The van der Waals surface area contributed by atoms with Gasteiger partial charge in [0.2, 0.25) is 0 Å². The van der Waals surface area contributed by atoms with E-state index in [0.717, 1.165) is 52.7 Å². The summed E-state index contributed by atoms with van der Waals surface area (Å²) in [5, 5.41) is 0. The predicted molar refractivity (Wildman–Crippen MR) is 114 cm³/mol. The highest BCUT2D eigenvalue weighted by molar-refractivity contribution is 5.85. The molecule has 1 aliphatic heterocycles. The number of halogens is 1. The van der Waals surface area contributed by atoms with E-state index in [1.165, 1.54) is 0 Å². The molecule has 4 heterocycles. The Hall–Kier alpha value is -2.37. The normalized spacial score (nSPS) is 19.4. The molecule has 0 spiro atoms. The van der Waals surface area contributed by atoms with Crippen molar-refractivity contribution in [2.24, 2.45) is 0 Å². The summed E-state index contributed by atoms with van der Waals surface area (Å²) >= 11 is 0. The minimum Gasteiger partial charge on any atom is -0.469 e. The van der Waals surface area contributed by atoms with Crippen LogP contribution in [-0.2, 0) is 4.74 Å². The van der Waals surface area contributed by atoms with Gasteiger partial charge in [0.15, 0.2) is 0 Å². The lowest BCUT2D eigenvalue weighted by atomic mass is 9.99. The molecule has 0 aliphatic carbocycles. The Morgan fingerprint density at radius 3 is 2.39 bits per heavy atom. The van der Waals surface area contributed by atoms with E-state index in [1.54, 1.807) is 6.26 Å². The Morgan fingerprint density at radius 2 is 1.75 bits per heavy atom. The highest BCUT2D eigenvalue weighted by atomic mass is 35.5. The number of rotatable bonds is 3. The first-order valence-corrected chi connectivity index (χ1v) is 9.40. The molecule has 0 amide bonds. The fraction of sp³-hybridized carbons (Fsp3) is 0.364. The molecule has 0 unspecified atom stereocenters. The SMILES string of the molecule is Cc1cc(-c2ccc(N3C[C@@H](C)O[C@@H](C)C3)nc2-c2ccoc2C)ccn1.Cl. The fourth-order valence-corrected chi connectivity index (χ4v) is 3.77. The summed E-state index contributed by atoms with van der Waals surface area (Å²) in [5.41, 5.74) is 5.15. The molecule has 6 heteroatoms. The maximum absolute atomic E-state index is 5.87. The van der Waals surface area contributed by atoms with E-state index >= 15 is 0 Å². The van der Waals surface area contributed by atoms with Gasteiger partial charge in [0, 0.05) is 36.1 Å². The standard InChI is InChI=1S/C22H25N3O2.ClH/c1-14-11-18(7-9-23-14)20-5-6-21(25-12-15(2)27-16(3)13-25)24-22(20)19-8-10-26-17(19)4;/h5-11,15-16H,12-13H2,1-4H3;1H/t15-,16+;. The molecule has 4 rings (SSSR count). The van der Waals surface area contributed by atoms with Crippen molar-refractivity contribution in [3.05, 3.63) is 54.2 Å². The van der Waals surface area contributed by atoms with Crippen LogP contribution in [0.15, 0.2) is 47.2 Å². The smallest absolute Gasteiger partial charge is 0.129 e. The van der Waals surface area contributed by atoms with Gasteiger partial charge in [0.1, 0.15) is 11.6 Å². The third kappa shape index (κ3) is 4.05. The lowest BCUT2D eigenvalue weighted by molar-refractivity contribution is -0.00545. The summed E-state index contributed by atoms with van der Waals surface area (Å²) < 4.78 is 11.4. The monoisotopic (exact) mass is 399 g/mol. The number of furan rings is 1. The van der Waals surface area contributed by atoms with E-state index in [9.17, 15) is 0 Å². The molecule has 28 heavy (non-hydrogen) atoms. The number of hydrogen-bond donors (Lipinski definition) is 0. The first kappa shape index (κ1) is 20.4.